The number of carbonyl (C=O) groups is 1. The Morgan fingerprint density at radius 2 is 1.96 bits per heavy atom. The molecule has 0 bridgehead atoms. The van der Waals surface area contributed by atoms with Crippen molar-refractivity contribution in [3.63, 3.8) is 0 Å². The van der Waals surface area contributed by atoms with Gasteiger partial charge in [-0.1, -0.05) is 24.3 Å². The summed E-state index contributed by atoms with van der Waals surface area (Å²) in [6, 6.07) is 12.7. The molecule has 0 unspecified atom stereocenters. The minimum absolute atomic E-state index is 0.0298. The Morgan fingerprint density at radius 1 is 1.15 bits per heavy atom. The lowest BCUT2D eigenvalue weighted by Crippen LogP contribution is -2.35. The van der Waals surface area contributed by atoms with E-state index in [1.54, 1.807) is 42.5 Å². The second kappa shape index (κ2) is 6.14. The maximum atomic E-state index is 13.8. The first kappa shape index (κ1) is 16.1. The summed E-state index contributed by atoms with van der Waals surface area (Å²) in [6.45, 7) is 0.128. The van der Waals surface area contributed by atoms with Crippen molar-refractivity contribution >= 4 is 11.7 Å². The van der Waals surface area contributed by atoms with E-state index in [-0.39, 0.29) is 13.1 Å². The number of rotatable bonds is 4. The van der Waals surface area contributed by atoms with Crippen LogP contribution in [-0.4, -0.2) is 27.5 Å². The average Bonchev–Trinajstić information content (AvgIpc) is 3.14. The number of aromatic nitrogens is 3. The smallest absolute Gasteiger partial charge is 0.354 e. The molecular formula is C18H15FN4O3. The standard InChI is InChI=1S/C18H15FN4O3/c1-26-14-7-4-6-13(9-14)21-11-16-20-22(18(25)23(16)17(21)24)10-12-5-2-3-8-15(12)19/h2-9H,10-11H2,1H3. The molecule has 0 fully saturated rings. The van der Waals surface area contributed by atoms with Crippen LogP contribution in [0.4, 0.5) is 14.9 Å². The fraction of sp³-hybridized carbons (Fsp3) is 0.167. The van der Waals surface area contributed by atoms with Gasteiger partial charge in [-0.3, -0.25) is 4.90 Å². The van der Waals surface area contributed by atoms with Crippen LogP contribution in [0.3, 0.4) is 0 Å². The van der Waals surface area contributed by atoms with Crippen LogP contribution < -0.4 is 15.3 Å². The van der Waals surface area contributed by atoms with Gasteiger partial charge in [0.15, 0.2) is 5.82 Å². The summed E-state index contributed by atoms with van der Waals surface area (Å²) in [6.07, 6.45) is 0. The van der Waals surface area contributed by atoms with Gasteiger partial charge in [0.25, 0.3) is 0 Å². The van der Waals surface area contributed by atoms with Gasteiger partial charge in [0.05, 0.1) is 20.2 Å². The van der Waals surface area contributed by atoms with Crippen LogP contribution in [0, 0.1) is 5.82 Å². The molecule has 132 valence electrons. The van der Waals surface area contributed by atoms with Crippen molar-refractivity contribution in [1.29, 1.82) is 0 Å². The first-order chi connectivity index (χ1) is 12.6. The van der Waals surface area contributed by atoms with Gasteiger partial charge in [0.2, 0.25) is 0 Å². The fourth-order valence-electron chi connectivity index (χ4n) is 2.95. The van der Waals surface area contributed by atoms with Crippen LogP contribution in [0.15, 0.2) is 53.3 Å². The second-order valence-corrected chi connectivity index (χ2v) is 5.85. The number of amides is 1. The minimum atomic E-state index is -0.585. The molecule has 0 radical (unpaired) electrons. The van der Waals surface area contributed by atoms with Crippen molar-refractivity contribution in [2.75, 3.05) is 12.0 Å². The summed E-state index contributed by atoms with van der Waals surface area (Å²) in [5.74, 6) is 0.507. The van der Waals surface area contributed by atoms with Crippen LogP contribution in [0.1, 0.15) is 11.4 Å². The molecule has 26 heavy (non-hydrogen) atoms. The third-order valence-corrected chi connectivity index (χ3v) is 4.27. The average molecular weight is 354 g/mol. The third kappa shape index (κ3) is 2.55. The Labute approximate surface area is 147 Å². The predicted molar refractivity (Wildman–Crippen MR) is 92.0 cm³/mol. The summed E-state index contributed by atoms with van der Waals surface area (Å²) in [4.78, 5) is 26.7. The van der Waals surface area contributed by atoms with Crippen molar-refractivity contribution in [1.82, 2.24) is 14.3 Å². The molecule has 2 heterocycles. The highest BCUT2D eigenvalue weighted by atomic mass is 19.1. The van der Waals surface area contributed by atoms with Crippen molar-refractivity contribution < 1.29 is 13.9 Å². The largest absolute Gasteiger partial charge is 0.497 e. The predicted octanol–water partition coefficient (Wildman–Crippen LogP) is 2.23. The Kier molecular flexibility index (Phi) is 3.80. The van der Waals surface area contributed by atoms with E-state index in [1.807, 2.05) is 0 Å². The molecule has 0 saturated carbocycles. The molecule has 4 rings (SSSR count). The summed E-state index contributed by atoms with van der Waals surface area (Å²) in [5, 5.41) is 4.20. The van der Waals surface area contributed by atoms with E-state index in [1.165, 1.54) is 18.1 Å². The molecule has 1 aromatic heterocycles. The molecule has 0 aliphatic carbocycles. The highest BCUT2D eigenvalue weighted by Gasteiger charge is 2.33. The number of methoxy groups -OCH3 is 1. The van der Waals surface area contributed by atoms with Gasteiger partial charge < -0.3 is 4.74 Å². The van der Waals surface area contributed by atoms with E-state index >= 15 is 0 Å². The second-order valence-electron chi connectivity index (χ2n) is 5.85. The number of ether oxygens (including phenoxy) is 1. The summed E-state index contributed by atoms with van der Waals surface area (Å²) >= 11 is 0. The number of carbonyl (C=O) groups excluding carboxylic acids is 1. The van der Waals surface area contributed by atoms with Crippen molar-refractivity contribution in [3.05, 3.63) is 76.2 Å². The number of benzene rings is 2. The van der Waals surface area contributed by atoms with E-state index in [4.69, 9.17) is 4.74 Å². The lowest BCUT2D eigenvalue weighted by Gasteiger charge is -2.15. The topological polar surface area (TPSA) is 69.4 Å². The molecule has 8 heteroatoms. The molecule has 1 amide bonds. The SMILES string of the molecule is COc1cccc(N2Cc3nn(Cc4ccccc4F)c(=O)n3C2=O)c1. The fourth-order valence-corrected chi connectivity index (χ4v) is 2.95. The number of halogens is 1. The van der Waals surface area contributed by atoms with Crippen molar-refractivity contribution in [3.8, 4) is 5.75 Å². The van der Waals surface area contributed by atoms with Gasteiger partial charge in [-0.05, 0) is 18.2 Å². The van der Waals surface area contributed by atoms with E-state index in [9.17, 15) is 14.0 Å². The Balaban J connectivity index is 1.65. The van der Waals surface area contributed by atoms with Crippen LogP contribution in [0.2, 0.25) is 0 Å². The van der Waals surface area contributed by atoms with E-state index in [2.05, 4.69) is 5.10 Å². The Hall–Kier alpha value is -3.42. The first-order valence-corrected chi connectivity index (χ1v) is 7.96. The van der Waals surface area contributed by atoms with Crippen LogP contribution in [0.5, 0.6) is 5.75 Å². The number of fused-ring (bicyclic) bond motifs is 1. The minimum Gasteiger partial charge on any atom is -0.497 e. The summed E-state index contributed by atoms with van der Waals surface area (Å²) in [7, 11) is 1.54. The molecule has 7 nitrogen and oxygen atoms in total. The lowest BCUT2D eigenvalue weighted by molar-refractivity contribution is 0.250. The molecule has 0 saturated heterocycles. The van der Waals surface area contributed by atoms with E-state index in [0.29, 0.717) is 22.8 Å². The Bertz CT molecular complexity index is 1060. The first-order valence-electron chi connectivity index (χ1n) is 7.96. The van der Waals surface area contributed by atoms with Gasteiger partial charge in [-0.2, -0.15) is 9.67 Å². The molecule has 0 N–H and O–H groups in total. The number of anilines is 1. The van der Waals surface area contributed by atoms with Crippen molar-refractivity contribution in [2.45, 2.75) is 13.1 Å². The maximum Gasteiger partial charge on any atom is 0.354 e. The van der Waals surface area contributed by atoms with Crippen molar-refractivity contribution in [2.24, 2.45) is 0 Å². The van der Waals surface area contributed by atoms with Crippen LogP contribution >= 0.6 is 0 Å². The number of nitrogens with zero attached hydrogens (tertiary/aromatic N) is 4. The molecule has 0 atom stereocenters. The molecule has 0 spiro atoms. The molecular weight excluding hydrogens is 339 g/mol. The normalized spacial score (nSPS) is 13.2. The van der Waals surface area contributed by atoms with E-state index in [0.717, 1.165) is 9.25 Å². The molecule has 1 aliphatic heterocycles. The number of hydrogen-bond donors (Lipinski definition) is 0. The molecule has 2 aromatic carbocycles. The third-order valence-electron chi connectivity index (χ3n) is 4.27. The molecule has 1 aliphatic rings. The van der Waals surface area contributed by atoms with E-state index < -0.39 is 17.5 Å². The van der Waals surface area contributed by atoms with Crippen LogP contribution in [0.25, 0.3) is 0 Å². The van der Waals surface area contributed by atoms with Gasteiger partial charge in [-0.15, -0.1) is 0 Å². The number of hydrogen-bond acceptors (Lipinski definition) is 4. The zero-order chi connectivity index (χ0) is 18.3. The van der Waals surface area contributed by atoms with Gasteiger partial charge >= 0.3 is 11.7 Å². The van der Waals surface area contributed by atoms with Gasteiger partial charge in [0, 0.05) is 17.3 Å². The summed E-state index contributed by atoms with van der Waals surface area (Å²) < 4.78 is 21.1. The molecule has 3 aromatic rings. The highest BCUT2D eigenvalue weighted by Crippen LogP contribution is 2.26. The zero-order valence-corrected chi connectivity index (χ0v) is 13.9. The Morgan fingerprint density at radius 3 is 2.69 bits per heavy atom. The quantitative estimate of drug-likeness (QED) is 0.720. The van der Waals surface area contributed by atoms with Crippen LogP contribution in [-0.2, 0) is 13.1 Å². The zero-order valence-electron chi connectivity index (χ0n) is 13.9. The monoisotopic (exact) mass is 354 g/mol. The lowest BCUT2D eigenvalue weighted by atomic mass is 10.2. The highest BCUT2D eigenvalue weighted by molar-refractivity contribution is 5.96. The van der Waals surface area contributed by atoms with Gasteiger partial charge in [0.1, 0.15) is 11.6 Å². The summed E-state index contributed by atoms with van der Waals surface area (Å²) in [5.41, 5.74) is 0.363. The van der Waals surface area contributed by atoms with Gasteiger partial charge in [-0.25, -0.2) is 18.7 Å². The maximum absolute atomic E-state index is 13.8.